The topological polar surface area (TPSA) is 83.7 Å². The second kappa shape index (κ2) is 6.32. The SMILES string of the molecule is CC1(O)CCCN(CC(=O)c2ccc([N+](=O)[O-])cc2)CC1. The van der Waals surface area contributed by atoms with E-state index in [0.717, 1.165) is 19.4 Å². The highest BCUT2D eigenvalue weighted by Gasteiger charge is 2.25. The molecule has 114 valence electrons. The van der Waals surface area contributed by atoms with Gasteiger partial charge in [0, 0.05) is 24.2 Å². The minimum Gasteiger partial charge on any atom is -0.390 e. The van der Waals surface area contributed by atoms with Crippen molar-refractivity contribution in [2.24, 2.45) is 0 Å². The van der Waals surface area contributed by atoms with Crippen LogP contribution in [0.5, 0.6) is 0 Å². The Hall–Kier alpha value is -1.79. The number of Topliss-reactive ketones (excluding diaryl/α,β-unsaturated/α-hetero) is 1. The Kier molecular flexibility index (Phi) is 4.69. The predicted octanol–water partition coefficient (Wildman–Crippen LogP) is 2.01. The average molecular weight is 292 g/mol. The summed E-state index contributed by atoms with van der Waals surface area (Å²) in [4.78, 5) is 24.3. The molecule has 1 aliphatic heterocycles. The first-order chi connectivity index (χ1) is 9.87. The molecule has 0 spiro atoms. The van der Waals surface area contributed by atoms with E-state index in [-0.39, 0.29) is 18.0 Å². The average Bonchev–Trinajstić information content (AvgIpc) is 2.60. The number of hydrogen-bond acceptors (Lipinski definition) is 5. The van der Waals surface area contributed by atoms with Crippen molar-refractivity contribution in [1.82, 2.24) is 4.90 Å². The van der Waals surface area contributed by atoms with E-state index in [2.05, 4.69) is 0 Å². The Bertz CT molecular complexity index is 525. The van der Waals surface area contributed by atoms with Crippen molar-refractivity contribution in [3.05, 3.63) is 39.9 Å². The van der Waals surface area contributed by atoms with Crippen LogP contribution in [-0.2, 0) is 0 Å². The minimum atomic E-state index is -0.648. The number of nitro benzene ring substituents is 1. The zero-order chi connectivity index (χ0) is 15.5. The van der Waals surface area contributed by atoms with E-state index in [0.29, 0.717) is 18.5 Å². The molecule has 2 rings (SSSR count). The van der Waals surface area contributed by atoms with Crippen molar-refractivity contribution in [2.45, 2.75) is 31.8 Å². The maximum absolute atomic E-state index is 12.2. The first-order valence-corrected chi connectivity index (χ1v) is 7.10. The van der Waals surface area contributed by atoms with Gasteiger partial charge in [0.05, 0.1) is 17.1 Å². The third-order valence-electron chi connectivity index (χ3n) is 3.92. The van der Waals surface area contributed by atoms with Crippen LogP contribution < -0.4 is 0 Å². The lowest BCUT2D eigenvalue weighted by Crippen LogP contribution is -2.32. The molecular weight excluding hydrogens is 272 g/mol. The fraction of sp³-hybridized carbons (Fsp3) is 0.533. The zero-order valence-electron chi connectivity index (χ0n) is 12.1. The molecule has 1 aromatic rings. The monoisotopic (exact) mass is 292 g/mol. The van der Waals surface area contributed by atoms with Crippen LogP contribution >= 0.6 is 0 Å². The molecule has 1 aromatic carbocycles. The smallest absolute Gasteiger partial charge is 0.269 e. The van der Waals surface area contributed by atoms with Gasteiger partial charge in [-0.25, -0.2) is 0 Å². The molecule has 1 fully saturated rings. The number of nitrogens with zero attached hydrogens (tertiary/aromatic N) is 2. The van der Waals surface area contributed by atoms with Gasteiger partial charge >= 0.3 is 0 Å². The van der Waals surface area contributed by atoms with E-state index in [4.69, 9.17) is 0 Å². The van der Waals surface area contributed by atoms with Gasteiger partial charge < -0.3 is 5.11 Å². The summed E-state index contributed by atoms with van der Waals surface area (Å²) in [6.07, 6.45) is 2.26. The molecular formula is C15H20N2O4. The number of rotatable bonds is 4. The summed E-state index contributed by atoms with van der Waals surface area (Å²) >= 11 is 0. The highest BCUT2D eigenvalue weighted by Crippen LogP contribution is 2.21. The number of nitro groups is 1. The molecule has 1 unspecified atom stereocenters. The Morgan fingerprint density at radius 2 is 2.00 bits per heavy atom. The van der Waals surface area contributed by atoms with Crippen LogP contribution in [0.2, 0.25) is 0 Å². The van der Waals surface area contributed by atoms with E-state index in [1.807, 2.05) is 11.8 Å². The van der Waals surface area contributed by atoms with Crippen LogP contribution in [-0.4, -0.2) is 45.9 Å². The summed E-state index contributed by atoms with van der Waals surface area (Å²) in [5, 5.41) is 20.6. The van der Waals surface area contributed by atoms with Crippen LogP contribution in [0.4, 0.5) is 5.69 Å². The van der Waals surface area contributed by atoms with Gasteiger partial charge in [-0.15, -0.1) is 0 Å². The molecule has 6 heteroatoms. The van der Waals surface area contributed by atoms with Crippen LogP contribution in [0.1, 0.15) is 36.5 Å². The van der Waals surface area contributed by atoms with Gasteiger partial charge in [-0.3, -0.25) is 19.8 Å². The lowest BCUT2D eigenvalue weighted by Gasteiger charge is -2.21. The van der Waals surface area contributed by atoms with E-state index in [1.165, 1.54) is 24.3 Å². The van der Waals surface area contributed by atoms with E-state index in [9.17, 15) is 20.0 Å². The van der Waals surface area contributed by atoms with Gasteiger partial charge in [-0.2, -0.15) is 0 Å². The molecule has 21 heavy (non-hydrogen) atoms. The minimum absolute atomic E-state index is 0.0163. The Morgan fingerprint density at radius 3 is 2.62 bits per heavy atom. The first kappa shape index (κ1) is 15.6. The van der Waals surface area contributed by atoms with Crippen molar-refractivity contribution in [2.75, 3.05) is 19.6 Å². The Balaban J connectivity index is 1.96. The molecule has 1 N–H and O–H groups in total. The summed E-state index contributed by atoms with van der Waals surface area (Å²) in [6.45, 7) is 3.59. The van der Waals surface area contributed by atoms with Crippen LogP contribution in [0, 0.1) is 10.1 Å². The van der Waals surface area contributed by atoms with Gasteiger partial charge in [0.25, 0.3) is 5.69 Å². The first-order valence-electron chi connectivity index (χ1n) is 7.10. The van der Waals surface area contributed by atoms with Gasteiger partial charge in [0.15, 0.2) is 5.78 Å². The van der Waals surface area contributed by atoms with Crippen LogP contribution in [0.15, 0.2) is 24.3 Å². The second-order valence-corrected chi connectivity index (χ2v) is 5.85. The summed E-state index contributed by atoms with van der Waals surface area (Å²) in [5.74, 6) is -0.0496. The lowest BCUT2D eigenvalue weighted by atomic mass is 9.98. The van der Waals surface area contributed by atoms with Gasteiger partial charge in [-0.05, 0) is 44.9 Å². The number of carbonyl (C=O) groups is 1. The van der Waals surface area contributed by atoms with Crippen LogP contribution in [0.3, 0.4) is 0 Å². The largest absolute Gasteiger partial charge is 0.390 e. The molecule has 0 radical (unpaired) electrons. The molecule has 0 saturated carbocycles. The second-order valence-electron chi connectivity index (χ2n) is 5.85. The van der Waals surface area contributed by atoms with Crippen molar-refractivity contribution < 1.29 is 14.8 Å². The maximum atomic E-state index is 12.2. The summed E-state index contributed by atoms with van der Waals surface area (Å²) in [7, 11) is 0. The van der Waals surface area contributed by atoms with Crippen molar-refractivity contribution in [1.29, 1.82) is 0 Å². The number of ketones is 1. The standard InChI is InChI=1S/C15H20N2O4/c1-15(19)7-2-9-16(10-8-15)11-14(18)12-3-5-13(6-4-12)17(20)21/h3-6,19H,2,7-11H2,1H3. The fourth-order valence-electron chi connectivity index (χ4n) is 2.54. The van der Waals surface area contributed by atoms with E-state index >= 15 is 0 Å². The fourth-order valence-corrected chi connectivity index (χ4v) is 2.54. The predicted molar refractivity (Wildman–Crippen MR) is 78.3 cm³/mol. The maximum Gasteiger partial charge on any atom is 0.269 e. The number of carbonyl (C=O) groups excluding carboxylic acids is 1. The number of hydrogen-bond donors (Lipinski definition) is 1. The Labute approximate surface area is 123 Å². The lowest BCUT2D eigenvalue weighted by molar-refractivity contribution is -0.384. The normalized spacial score (nSPS) is 23.5. The number of non-ortho nitro benzene ring substituents is 1. The third-order valence-corrected chi connectivity index (χ3v) is 3.92. The quantitative estimate of drug-likeness (QED) is 0.521. The molecule has 0 aliphatic carbocycles. The number of likely N-dealkylation sites (tertiary alicyclic amines) is 1. The van der Waals surface area contributed by atoms with E-state index < -0.39 is 10.5 Å². The summed E-state index contributed by atoms with van der Waals surface area (Å²) in [5.41, 5.74) is -0.181. The molecule has 1 atom stereocenters. The highest BCUT2D eigenvalue weighted by atomic mass is 16.6. The highest BCUT2D eigenvalue weighted by molar-refractivity contribution is 5.97. The van der Waals surface area contributed by atoms with Crippen molar-refractivity contribution >= 4 is 11.5 Å². The summed E-state index contributed by atoms with van der Waals surface area (Å²) in [6, 6.07) is 5.68. The van der Waals surface area contributed by atoms with Crippen LogP contribution in [0.25, 0.3) is 0 Å². The molecule has 0 bridgehead atoms. The summed E-state index contributed by atoms with van der Waals surface area (Å²) < 4.78 is 0. The molecule has 1 aliphatic rings. The molecule has 0 aromatic heterocycles. The third kappa shape index (κ3) is 4.34. The number of aliphatic hydroxyl groups is 1. The molecule has 1 saturated heterocycles. The molecule has 1 heterocycles. The van der Waals surface area contributed by atoms with Crippen molar-refractivity contribution in [3.63, 3.8) is 0 Å². The van der Waals surface area contributed by atoms with Crippen molar-refractivity contribution in [3.8, 4) is 0 Å². The van der Waals surface area contributed by atoms with Gasteiger partial charge in [0.2, 0.25) is 0 Å². The molecule has 0 amide bonds. The Morgan fingerprint density at radius 1 is 1.33 bits per heavy atom. The van der Waals surface area contributed by atoms with Gasteiger partial charge in [-0.1, -0.05) is 0 Å². The van der Waals surface area contributed by atoms with E-state index in [1.54, 1.807) is 0 Å². The zero-order valence-corrected chi connectivity index (χ0v) is 12.1. The number of benzene rings is 1. The molecule has 6 nitrogen and oxygen atoms in total. The van der Waals surface area contributed by atoms with Gasteiger partial charge in [0.1, 0.15) is 0 Å².